The predicted molar refractivity (Wildman–Crippen MR) is 34.5 cm³/mol. The maximum absolute atomic E-state index is 0. The zero-order chi connectivity index (χ0) is 0. The Labute approximate surface area is 274 Å². The molecule has 0 heterocycles. The van der Waals surface area contributed by atoms with Gasteiger partial charge in [-0.05, 0) is 0 Å². The fraction of sp³-hybridized carbons (Fsp3) is 0. The van der Waals surface area contributed by atoms with Gasteiger partial charge in [0.15, 0.2) is 0 Å². The Balaban J connectivity index is 0. The van der Waals surface area contributed by atoms with Crippen molar-refractivity contribution >= 4 is 286 Å². The van der Waals surface area contributed by atoms with Crippen LogP contribution >= 0.6 is 0 Å². The summed E-state index contributed by atoms with van der Waals surface area (Å²) in [5, 5.41) is 0. The maximum atomic E-state index is 0. The van der Waals surface area contributed by atoms with E-state index in [9.17, 15) is 0 Å². The van der Waals surface area contributed by atoms with Crippen molar-refractivity contribution in [2.24, 2.45) is 0 Å². The molecular weight excluding hydrogens is 218 g/mol. The molecular formula is K5Na. The van der Waals surface area contributed by atoms with Crippen LogP contribution in [-0.2, 0) is 0 Å². The summed E-state index contributed by atoms with van der Waals surface area (Å²) >= 11 is 0. The van der Waals surface area contributed by atoms with Gasteiger partial charge in [0.25, 0.3) is 0 Å². The van der Waals surface area contributed by atoms with Gasteiger partial charge in [-0.25, -0.2) is 0 Å². The molecule has 0 fully saturated rings. The van der Waals surface area contributed by atoms with E-state index in [2.05, 4.69) is 0 Å². The molecule has 0 spiro atoms. The van der Waals surface area contributed by atoms with Gasteiger partial charge >= 0.3 is 0 Å². The molecule has 0 aromatic heterocycles. The minimum absolute atomic E-state index is 0. The van der Waals surface area contributed by atoms with E-state index in [1.165, 1.54) is 0 Å². The summed E-state index contributed by atoms with van der Waals surface area (Å²) in [6, 6.07) is 0. The minimum Gasteiger partial charge on any atom is 0 e. The number of hydrogen-bond acceptors (Lipinski definition) is 0. The topological polar surface area (TPSA) is 0 Å². The van der Waals surface area contributed by atoms with Crippen LogP contribution in [-0.4, -0.2) is 286 Å². The SMILES string of the molecule is [K].[K].[K].[K].[K].[Na]. The average molecular weight is 218 g/mol. The first-order valence-corrected chi connectivity index (χ1v) is 0. The summed E-state index contributed by atoms with van der Waals surface area (Å²) in [5.74, 6) is 0. The molecule has 0 nitrogen and oxygen atoms in total. The van der Waals surface area contributed by atoms with Crippen LogP contribution in [0.15, 0.2) is 0 Å². The predicted octanol–water partition coefficient (Wildman–Crippen LogP) is -2.28. The van der Waals surface area contributed by atoms with Gasteiger partial charge in [0.05, 0.1) is 0 Å². The van der Waals surface area contributed by atoms with E-state index < -0.39 is 0 Å². The van der Waals surface area contributed by atoms with Gasteiger partial charge in [-0.2, -0.15) is 0 Å². The largest absolute Gasteiger partial charge is 0 e. The molecule has 0 saturated heterocycles. The third kappa shape index (κ3) is 23.2. The summed E-state index contributed by atoms with van der Waals surface area (Å²) in [7, 11) is 0. The Morgan fingerprint density at radius 1 is 0.333 bits per heavy atom. The maximum Gasteiger partial charge on any atom is 0 e. The van der Waals surface area contributed by atoms with Crippen LogP contribution in [0.5, 0.6) is 0 Å². The van der Waals surface area contributed by atoms with Crippen LogP contribution < -0.4 is 0 Å². The molecule has 6 heavy (non-hydrogen) atoms. The standard InChI is InChI=1S/5K.Na. The van der Waals surface area contributed by atoms with Crippen LogP contribution in [0, 0.1) is 0 Å². The molecule has 6 valence electrons. The second kappa shape index (κ2) is 29.2. The summed E-state index contributed by atoms with van der Waals surface area (Å²) < 4.78 is 0. The molecule has 0 amide bonds. The average Bonchev–Trinajstić information content (AvgIpc) is 0. The first kappa shape index (κ1) is 36.2. The monoisotopic (exact) mass is 218 g/mol. The van der Waals surface area contributed by atoms with Crippen LogP contribution in [0.1, 0.15) is 0 Å². The van der Waals surface area contributed by atoms with Gasteiger partial charge in [0, 0.05) is 286 Å². The van der Waals surface area contributed by atoms with Crippen LogP contribution in [0.25, 0.3) is 0 Å². The Bertz CT molecular complexity index is 3.90. The van der Waals surface area contributed by atoms with E-state index in [1.54, 1.807) is 0 Å². The Morgan fingerprint density at radius 3 is 0.333 bits per heavy atom. The molecule has 0 N–H and O–H groups in total. The van der Waals surface area contributed by atoms with Gasteiger partial charge in [0.2, 0.25) is 0 Å². The number of hydrogen-bond donors (Lipinski definition) is 0. The van der Waals surface area contributed by atoms with Gasteiger partial charge in [0.1, 0.15) is 0 Å². The Hall–Kier alpha value is 9.18. The first-order chi connectivity index (χ1) is 0. The van der Waals surface area contributed by atoms with E-state index in [0.29, 0.717) is 0 Å². The van der Waals surface area contributed by atoms with E-state index >= 15 is 0 Å². The van der Waals surface area contributed by atoms with Crippen molar-refractivity contribution in [2.45, 2.75) is 0 Å². The smallest absolute Gasteiger partial charge is 0 e. The zero-order valence-corrected chi connectivity index (χ0v) is 23.6. The number of rotatable bonds is 0. The molecule has 0 bridgehead atoms. The van der Waals surface area contributed by atoms with Crippen LogP contribution in [0.3, 0.4) is 0 Å². The van der Waals surface area contributed by atoms with Crippen molar-refractivity contribution < 1.29 is 0 Å². The zero-order valence-electron chi connectivity index (χ0n) is 6.00. The van der Waals surface area contributed by atoms with Crippen molar-refractivity contribution in [3.05, 3.63) is 0 Å². The molecule has 0 aromatic carbocycles. The summed E-state index contributed by atoms with van der Waals surface area (Å²) in [6.45, 7) is 0. The molecule has 6 radical (unpaired) electrons. The van der Waals surface area contributed by atoms with Gasteiger partial charge in [-0.3, -0.25) is 0 Å². The van der Waals surface area contributed by atoms with Crippen LogP contribution in [0.2, 0.25) is 0 Å². The van der Waals surface area contributed by atoms with E-state index in [-0.39, 0.29) is 286 Å². The van der Waals surface area contributed by atoms with Gasteiger partial charge in [-0.15, -0.1) is 0 Å². The minimum atomic E-state index is 0. The van der Waals surface area contributed by atoms with E-state index in [4.69, 9.17) is 0 Å². The summed E-state index contributed by atoms with van der Waals surface area (Å²) in [6.07, 6.45) is 0. The Kier molecular flexibility index (Phi) is 176. The van der Waals surface area contributed by atoms with Gasteiger partial charge in [-0.1, -0.05) is 0 Å². The third-order valence-corrected chi connectivity index (χ3v) is 0. The fourth-order valence-corrected chi connectivity index (χ4v) is 0. The van der Waals surface area contributed by atoms with Gasteiger partial charge < -0.3 is 0 Å². The fourth-order valence-electron chi connectivity index (χ4n) is 0. The Morgan fingerprint density at radius 2 is 0.333 bits per heavy atom. The molecule has 0 atom stereocenters. The van der Waals surface area contributed by atoms with Crippen molar-refractivity contribution in [2.75, 3.05) is 0 Å². The second-order valence-corrected chi connectivity index (χ2v) is 0. The van der Waals surface area contributed by atoms with E-state index in [1.807, 2.05) is 0 Å². The first-order valence-electron chi connectivity index (χ1n) is 0. The molecule has 0 unspecified atom stereocenters. The van der Waals surface area contributed by atoms with Crippen molar-refractivity contribution in [3.8, 4) is 0 Å². The summed E-state index contributed by atoms with van der Waals surface area (Å²) in [4.78, 5) is 0. The molecule has 0 aliphatic carbocycles. The molecule has 0 aliphatic heterocycles. The van der Waals surface area contributed by atoms with Crippen LogP contribution in [0.4, 0.5) is 0 Å². The molecule has 0 aliphatic rings. The van der Waals surface area contributed by atoms with Crippen molar-refractivity contribution in [3.63, 3.8) is 0 Å². The van der Waals surface area contributed by atoms with Crippen molar-refractivity contribution in [1.29, 1.82) is 0 Å². The summed E-state index contributed by atoms with van der Waals surface area (Å²) in [5.41, 5.74) is 0. The molecule has 0 saturated carbocycles. The molecule has 0 aromatic rings. The normalized spacial score (nSPS) is 0. The van der Waals surface area contributed by atoms with E-state index in [0.717, 1.165) is 0 Å². The quantitative estimate of drug-likeness (QED) is 0.402. The third-order valence-electron chi connectivity index (χ3n) is 0. The van der Waals surface area contributed by atoms with Crippen molar-refractivity contribution in [1.82, 2.24) is 0 Å². The molecule has 6 heteroatoms. The second-order valence-electron chi connectivity index (χ2n) is 0. The molecule has 0 rings (SSSR count).